The molecule has 0 spiro atoms. The quantitative estimate of drug-likeness (QED) is 0.390. The molecule has 7 nitrogen and oxygen atoms in total. The lowest BCUT2D eigenvalue weighted by atomic mass is 10.2. The van der Waals surface area contributed by atoms with E-state index in [0.29, 0.717) is 29.2 Å². The fourth-order valence-electron chi connectivity index (χ4n) is 2.75. The van der Waals surface area contributed by atoms with Crippen LogP contribution >= 0.6 is 23.4 Å². The fraction of sp³-hybridized carbons (Fsp3) is 0.444. The Labute approximate surface area is 166 Å². The molecule has 2 heterocycles. The van der Waals surface area contributed by atoms with Gasteiger partial charge in [0.1, 0.15) is 0 Å². The number of hydrogen-bond acceptors (Lipinski definition) is 7. The lowest BCUT2D eigenvalue weighted by molar-refractivity contribution is 0.189. The Morgan fingerprint density at radius 2 is 2.07 bits per heavy atom. The second kappa shape index (κ2) is 8.41. The Balaban J connectivity index is 1.54. The van der Waals surface area contributed by atoms with Crippen LogP contribution in [0.4, 0.5) is 0 Å². The number of thioether (sulfide) groups is 1. The average molecular weight is 406 g/mol. The summed E-state index contributed by atoms with van der Waals surface area (Å²) >= 11 is 7.90. The number of methoxy groups -OCH3 is 1. The molecule has 3 aromatic rings. The highest BCUT2D eigenvalue weighted by Crippen LogP contribution is 2.39. The summed E-state index contributed by atoms with van der Waals surface area (Å²) in [5, 5.41) is 18.5. The van der Waals surface area contributed by atoms with Crippen LogP contribution in [0.25, 0.3) is 11.4 Å². The van der Waals surface area contributed by atoms with Gasteiger partial charge in [0.05, 0.1) is 10.8 Å². The van der Waals surface area contributed by atoms with Crippen molar-refractivity contribution in [3.05, 3.63) is 41.1 Å². The summed E-state index contributed by atoms with van der Waals surface area (Å²) in [6, 6.07) is 7.66. The minimum Gasteiger partial charge on any atom is -0.424 e. The Bertz CT molecular complexity index is 909. The van der Waals surface area contributed by atoms with Crippen molar-refractivity contribution >= 4 is 23.4 Å². The van der Waals surface area contributed by atoms with Gasteiger partial charge < -0.3 is 13.7 Å². The van der Waals surface area contributed by atoms with E-state index in [9.17, 15) is 0 Å². The highest BCUT2D eigenvalue weighted by atomic mass is 35.5. The maximum Gasteiger partial charge on any atom is 0.226 e. The highest BCUT2D eigenvalue weighted by Gasteiger charge is 2.29. The van der Waals surface area contributed by atoms with Crippen LogP contribution in [0.5, 0.6) is 0 Å². The van der Waals surface area contributed by atoms with Gasteiger partial charge in [-0.2, -0.15) is 0 Å². The summed E-state index contributed by atoms with van der Waals surface area (Å²) in [5.41, 5.74) is 0.866. The van der Waals surface area contributed by atoms with Gasteiger partial charge in [-0.3, -0.25) is 0 Å². The third-order valence-electron chi connectivity index (χ3n) is 4.30. The van der Waals surface area contributed by atoms with Crippen molar-refractivity contribution in [2.24, 2.45) is 0 Å². The highest BCUT2D eigenvalue weighted by molar-refractivity contribution is 7.98. The zero-order chi connectivity index (χ0) is 18.6. The van der Waals surface area contributed by atoms with E-state index in [0.717, 1.165) is 48.2 Å². The van der Waals surface area contributed by atoms with Gasteiger partial charge in [0.15, 0.2) is 11.0 Å². The number of benzene rings is 1. The molecule has 0 radical (unpaired) electrons. The number of nitrogens with zero attached hydrogens (tertiary/aromatic N) is 5. The van der Waals surface area contributed by atoms with Gasteiger partial charge in [-0.1, -0.05) is 35.5 Å². The van der Waals surface area contributed by atoms with Gasteiger partial charge in [-0.25, -0.2) is 0 Å². The third-order valence-corrected chi connectivity index (χ3v) is 5.58. The van der Waals surface area contributed by atoms with Crippen molar-refractivity contribution < 1.29 is 9.15 Å². The van der Waals surface area contributed by atoms with Crippen LogP contribution in [0, 0.1) is 0 Å². The standard InChI is InChI=1S/C18H20ClN5O2S/c1-25-10-4-9-24-16(13-5-2-3-6-14(13)19)21-23-18(24)27-11-15-20-22-17(26-15)12-7-8-12/h2-3,5-6,12H,4,7-11H2,1H3. The second-order valence-corrected chi connectivity index (χ2v) is 7.73. The molecule has 9 heteroatoms. The first kappa shape index (κ1) is 18.5. The van der Waals surface area contributed by atoms with E-state index >= 15 is 0 Å². The number of halogens is 1. The summed E-state index contributed by atoms with van der Waals surface area (Å²) in [6.07, 6.45) is 3.14. The summed E-state index contributed by atoms with van der Waals surface area (Å²) in [5.74, 6) is 3.14. The summed E-state index contributed by atoms with van der Waals surface area (Å²) in [4.78, 5) is 0. The maximum atomic E-state index is 6.37. The molecule has 1 aliphatic rings. The van der Waals surface area contributed by atoms with E-state index < -0.39 is 0 Å². The van der Waals surface area contributed by atoms with Crippen LogP contribution in [-0.2, 0) is 17.0 Å². The van der Waals surface area contributed by atoms with E-state index in [1.54, 1.807) is 7.11 Å². The molecule has 0 unspecified atom stereocenters. The molecule has 0 bridgehead atoms. The lowest BCUT2D eigenvalue weighted by Crippen LogP contribution is -2.05. The topological polar surface area (TPSA) is 78.9 Å². The molecular formula is C18H20ClN5O2S. The molecule has 142 valence electrons. The van der Waals surface area contributed by atoms with Crippen molar-refractivity contribution in [3.63, 3.8) is 0 Å². The van der Waals surface area contributed by atoms with Crippen LogP contribution in [0.1, 0.15) is 37.0 Å². The van der Waals surface area contributed by atoms with Gasteiger partial charge >= 0.3 is 0 Å². The van der Waals surface area contributed by atoms with Crippen molar-refractivity contribution in [2.75, 3.05) is 13.7 Å². The molecular weight excluding hydrogens is 386 g/mol. The van der Waals surface area contributed by atoms with Crippen LogP contribution in [-0.4, -0.2) is 38.7 Å². The predicted molar refractivity (Wildman–Crippen MR) is 103 cm³/mol. The van der Waals surface area contributed by atoms with Gasteiger partial charge in [-0.15, -0.1) is 20.4 Å². The smallest absolute Gasteiger partial charge is 0.226 e. The zero-order valence-electron chi connectivity index (χ0n) is 15.0. The first-order valence-electron chi connectivity index (χ1n) is 8.88. The van der Waals surface area contributed by atoms with Gasteiger partial charge in [0.2, 0.25) is 11.8 Å². The van der Waals surface area contributed by atoms with E-state index in [2.05, 4.69) is 25.0 Å². The van der Waals surface area contributed by atoms with Gasteiger partial charge in [-0.05, 0) is 31.4 Å². The third kappa shape index (κ3) is 4.34. The van der Waals surface area contributed by atoms with Crippen LogP contribution < -0.4 is 0 Å². The largest absolute Gasteiger partial charge is 0.424 e. The molecule has 0 amide bonds. The molecule has 0 atom stereocenters. The molecule has 1 saturated carbocycles. The van der Waals surface area contributed by atoms with Crippen molar-refractivity contribution in [1.29, 1.82) is 0 Å². The van der Waals surface area contributed by atoms with Crippen LogP contribution in [0.15, 0.2) is 33.8 Å². The molecule has 1 aliphatic carbocycles. The Hall–Kier alpha value is -1.90. The number of aromatic nitrogens is 5. The fourth-order valence-corrected chi connectivity index (χ4v) is 3.77. The zero-order valence-corrected chi connectivity index (χ0v) is 16.5. The molecule has 0 aliphatic heterocycles. The van der Waals surface area contributed by atoms with E-state index in [1.165, 1.54) is 11.8 Å². The number of hydrogen-bond donors (Lipinski definition) is 0. The van der Waals surface area contributed by atoms with Gasteiger partial charge in [0.25, 0.3) is 0 Å². The predicted octanol–water partition coefficient (Wildman–Crippen LogP) is 4.19. The Kier molecular flexibility index (Phi) is 5.75. The molecule has 1 aromatic carbocycles. The first-order chi connectivity index (χ1) is 13.3. The maximum absolute atomic E-state index is 6.37. The minimum atomic E-state index is 0.459. The number of ether oxygens (including phenoxy) is 1. The van der Waals surface area contributed by atoms with E-state index in [1.807, 2.05) is 24.3 Å². The SMILES string of the molecule is COCCCn1c(SCc2nnc(C3CC3)o2)nnc1-c1ccccc1Cl. The van der Waals surface area contributed by atoms with Crippen LogP contribution in [0.2, 0.25) is 5.02 Å². The monoisotopic (exact) mass is 405 g/mol. The van der Waals surface area contributed by atoms with Crippen LogP contribution in [0.3, 0.4) is 0 Å². The van der Waals surface area contributed by atoms with Crippen molar-refractivity contribution in [1.82, 2.24) is 25.0 Å². The molecule has 2 aromatic heterocycles. The Morgan fingerprint density at radius 3 is 2.85 bits per heavy atom. The van der Waals surface area contributed by atoms with Crippen molar-refractivity contribution in [2.45, 2.75) is 42.6 Å². The molecule has 0 saturated heterocycles. The Morgan fingerprint density at radius 1 is 1.22 bits per heavy atom. The van der Waals surface area contributed by atoms with E-state index in [-0.39, 0.29) is 0 Å². The molecule has 0 N–H and O–H groups in total. The summed E-state index contributed by atoms with van der Waals surface area (Å²) in [6.45, 7) is 1.40. The minimum absolute atomic E-state index is 0.459. The van der Waals surface area contributed by atoms with Crippen molar-refractivity contribution in [3.8, 4) is 11.4 Å². The first-order valence-corrected chi connectivity index (χ1v) is 10.2. The lowest BCUT2D eigenvalue weighted by Gasteiger charge is -2.10. The molecule has 1 fully saturated rings. The molecule has 27 heavy (non-hydrogen) atoms. The number of rotatable bonds is 9. The van der Waals surface area contributed by atoms with E-state index in [4.69, 9.17) is 20.8 Å². The second-order valence-electron chi connectivity index (χ2n) is 6.38. The summed E-state index contributed by atoms with van der Waals surface area (Å²) < 4.78 is 13.0. The molecule has 4 rings (SSSR count). The van der Waals surface area contributed by atoms with Gasteiger partial charge in [0, 0.05) is 31.7 Å². The normalized spacial score (nSPS) is 14.0. The average Bonchev–Trinajstić information content (AvgIpc) is 3.29. The summed E-state index contributed by atoms with van der Waals surface area (Å²) in [7, 11) is 1.70.